The van der Waals surface area contributed by atoms with Crippen molar-refractivity contribution in [2.24, 2.45) is 0 Å². The van der Waals surface area contributed by atoms with E-state index in [0.29, 0.717) is 16.5 Å². The third kappa shape index (κ3) is 3.47. The number of benzene rings is 2. The van der Waals surface area contributed by atoms with E-state index >= 15 is 0 Å². The van der Waals surface area contributed by atoms with Crippen LogP contribution in [0.1, 0.15) is 10.4 Å². The molecule has 0 atom stereocenters. The zero-order chi connectivity index (χ0) is 19.7. The monoisotopic (exact) mass is 401 g/mol. The van der Waals surface area contributed by atoms with Gasteiger partial charge in [0.15, 0.2) is 23.0 Å². The van der Waals surface area contributed by atoms with Crippen LogP contribution >= 0.6 is 11.6 Å². The third-order valence-corrected chi connectivity index (χ3v) is 4.07. The summed E-state index contributed by atoms with van der Waals surface area (Å²) in [7, 11) is 0. The van der Waals surface area contributed by atoms with Crippen LogP contribution in [0.15, 0.2) is 48.7 Å². The van der Waals surface area contributed by atoms with Crippen molar-refractivity contribution in [1.29, 1.82) is 0 Å². The van der Waals surface area contributed by atoms with Crippen molar-refractivity contribution < 1.29 is 18.3 Å². The van der Waals surface area contributed by atoms with Crippen LogP contribution in [0.5, 0.6) is 11.8 Å². The number of anilines is 1. The Labute approximate surface area is 161 Å². The second kappa shape index (κ2) is 7.20. The standard InChI is InChI=1S/C18H10ClF2N5O2/c19-12-4-2-1-3-10(12)17(27)23-15-11-8-22-18(24-16(11)26-25-15)28-14-6-5-9(20)7-13(14)21/h1-8H,(H2,22,23,24,25,26,27). The quantitative estimate of drug-likeness (QED) is 0.531. The fourth-order valence-corrected chi connectivity index (χ4v) is 2.64. The highest BCUT2D eigenvalue weighted by atomic mass is 35.5. The average molecular weight is 402 g/mol. The van der Waals surface area contributed by atoms with Crippen molar-refractivity contribution in [2.75, 3.05) is 5.32 Å². The molecule has 140 valence electrons. The number of aromatic amines is 1. The molecule has 0 bridgehead atoms. The number of hydrogen-bond acceptors (Lipinski definition) is 5. The Morgan fingerprint density at radius 1 is 1.18 bits per heavy atom. The van der Waals surface area contributed by atoms with E-state index in [1.165, 1.54) is 6.20 Å². The molecule has 2 heterocycles. The van der Waals surface area contributed by atoms with E-state index in [-0.39, 0.29) is 28.8 Å². The molecule has 28 heavy (non-hydrogen) atoms. The molecule has 10 heteroatoms. The van der Waals surface area contributed by atoms with Crippen molar-refractivity contribution in [3.63, 3.8) is 0 Å². The van der Waals surface area contributed by atoms with Crippen LogP contribution in [0.25, 0.3) is 11.0 Å². The summed E-state index contributed by atoms with van der Waals surface area (Å²) >= 11 is 6.01. The largest absolute Gasteiger partial charge is 0.421 e. The highest BCUT2D eigenvalue weighted by Crippen LogP contribution is 2.25. The van der Waals surface area contributed by atoms with E-state index < -0.39 is 17.5 Å². The van der Waals surface area contributed by atoms with Crippen LogP contribution in [0.3, 0.4) is 0 Å². The summed E-state index contributed by atoms with van der Waals surface area (Å²) in [5.41, 5.74) is 0.537. The zero-order valence-corrected chi connectivity index (χ0v) is 14.7. The molecule has 0 aliphatic heterocycles. The Hall–Kier alpha value is -3.59. The number of nitrogens with one attached hydrogen (secondary N) is 2. The molecule has 0 radical (unpaired) electrons. The molecule has 4 aromatic rings. The minimum absolute atomic E-state index is 0.175. The van der Waals surface area contributed by atoms with Crippen LogP contribution in [-0.2, 0) is 0 Å². The fraction of sp³-hybridized carbons (Fsp3) is 0. The van der Waals surface area contributed by atoms with E-state index in [2.05, 4.69) is 25.5 Å². The lowest BCUT2D eigenvalue weighted by molar-refractivity contribution is 0.102. The van der Waals surface area contributed by atoms with Gasteiger partial charge in [0.25, 0.3) is 5.91 Å². The number of rotatable bonds is 4. The van der Waals surface area contributed by atoms with Gasteiger partial charge in [-0.1, -0.05) is 23.7 Å². The maximum absolute atomic E-state index is 13.7. The molecule has 1 amide bonds. The van der Waals surface area contributed by atoms with Crippen LogP contribution < -0.4 is 10.1 Å². The number of hydrogen-bond donors (Lipinski definition) is 2. The molecule has 4 rings (SSSR count). The van der Waals surface area contributed by atoms with Gasteiger partial charge in [-0.25, -0.2) is 13.8 Å². The van der Waals surface area contributed by atoms with Gasteiger partial charge < -0.3 is 10.1 Å². The first-order chi connectivity index (χ1) is 13.5. The molecule has 2 aromatic carbocycles. The van der Waals surface area contributed by atoms with Gasteiger partial charge in [0.1, 0.15) is 5.82 Å². The maximum atomic E-state index is 13.7. The van der Waals surface area contributed by atoms with E-state index in [4.69, 9.17) is 16.3 Å². The van der Waals surface area contributed by atoms with Crippen molar-refractivity contribution in [2.45, 2.75) is 0 Å². The molecule has 0 aliphatic carbocycles. The predicted molar refractivity (Wildman–Crippen MR) is 97.5 cm³/mol. The Bertz CT molecular complexity index is 1200. The van der Waals surface area contributed by atoms with Crippen LogP contribution in [0.4, 0.5) is 14.6 Å². The number of halogens is 3. The van der Waals surface area contributed by atoms with Crippen molar-refractivity contribution in [1.82, 2.24) is 20.2 Å². The second-order valence-corrected chi connectivity index (χ2v) is 6.01. The highest BCUT2D eigenvalue weighted by molar-refractivity contribution is 6.34. The Morgan fingerprint density at radius 2 is 2.00 bits per heavy atom. The lowest BCUT2D eigenvalue weighted by Crippen LogP contribution is -2.12. The van der Waals surface area contributed by atoms with Gasteiger partial charge in [-0.3, -0.25) is 9.89 Å². The van der Waals surface area contributed by atoms with Crippen molar-refractivity contribution >= 4 is 34.4 Å². The number of H-pyrrole nitrogens is 1. The van der Waals surface area contributed by atoms with Crippen molar-refractivity contribution in [3.05, 3.63) is 70.9 Å². The summed E-state index contributed by atoms with van der Waals surface area (Å²) in [6.07, 6.45) is 1.35. The minimum Gasteiger partial charge on any atom is -0.421 e. The van der Waals surface area contributed by atoms with Gasteiger partial charge in [0.05, 0.1) is 16.0 Å². The maximum Gasteiger partial charge on any atom is 0.324 e. The molecule has 0 unspecified atom stereocenters. The van der Waals surface area contributed by atoms with Gasteiger partial charge in [0, 0.05) is 12.3 Å². The topological polar surface area (TPSA) is 92.8 Å². The molecule has 0 saturated carbocycles. The SMILES string of the molecule is O=C(Nc1n[nH]c2nc(Oc3ccc(F)cc3F)ncc12)c1ccccc1Cl. The van der Waals surface area contributed by atoms with E-state index in [0.717, 1.165) is 12.1 Å². The zero-order valence-electron chi connectivity index (χ0n) is 13.9. The number of aromatic nitrogens is 4. The van der Waals surface area contributed by atoms with Gasteiger partial charge in [-0.15, -0.1) is 0 Å². The summed E-state index contributed by atoms with van der Waals surface area (Å²) in [5.74, 6) is -2.10. The summed E-state index contributed by atoms with van der Waals surface area (Å²) in [4.78, 5) is 20.4. The molecule has 7 nitrogen and oxygen atoms in total. The van der Waals surface area contributed by atoms with Crippen molar-refractivity contribution in [3.8, 4) is 11.8 Å². The van der Waals surface area contributed by atoms with Gasteiger partial charge in [-0.05, 0) is 24.3 Å². The number of carbonyl (C=O) groups is 1. The molecule has 0 spiro atoms. The fourth-order valence-electron chi connectivity index (χ4n) is 2.41. The Kier molecular flexibility index (Phi) is 4.58. The first kappa shape index (κ1) is 17.8. The molecular weight excluding hydrogens is 392 g/mol. The van der Waals surface area contributed by atoms with Gasteiger partial charge >= 0.3 is 6.01 Å². The van der Waals surface area contributed by atoms with Crippen LogP contribution in [0, 0.1) is 11.6 Å². The van der Waals surface area contributed by atoms with E-state index in [9.17, 15) is 13.6 Å². The average Bonchev–Trinajstić information content (AvgIpc) is 3.06. The number of amides is 1. The normalized spacial score (nSPS) is 10.8. The summed E-state index contributed by atoms with van der Waals surface area (Å²) < 4.78 is 31.9. The molecule has 2 aromatic heterocycles. The number of nitrogens with zero attached hydrogens (tertiary/aromatic N) is 3. The van der Waals surface area contributed by atoms with E-state index in [1.54, 1.807) is 24.3 Å². The van der Waals surface area contributed by atoms with E-state index in [1.807, 2.05) is 0 Å². The molecule has 0 fully saturated rings. The van der Waals surface area contributed by atoms with Gasteiger partial charge in [-0.2, -0.15) is 10.1 Å². The van der Waals surface area contributed by atoms with Crippen LogP contribution in [-0.4, -0.2) is 26.1 Å². The third-order valence-electron chi connectivity index (χ3n) is 3.74. The predicted octanol–water partition coefficient (Wildman–Crippen LogP) is 4.33. The van der Waals surface area contributed by atoms with Crippen LogP contribution in [0.2, 0.25) is 5.02 Å². The highest BCUT2D eigenvalue weighted by Gasteiger charge is 2.16. The summed E-state index contributed by atoms with van der Waals surface area (Å²) in [5, 5.41) is 9.94. The Morgan fingerprint density at radius 3 is 2.79 bits per heavy atom. The first-order valence-corrected chi connectivity index (χ1v) is 8.29. The first-order valence-electron chi connectivity index (χ1n) is 7.91. The second-order valence-electron chi connectivity index (χ2n) is 5.60. The summed E-state index contributed by atoms with van der Waals surface area (Å²) in [6.45, 7) is 0. The lowest BCUT2D eigenvalue weighted by Gasteiger charge is -2.05. The molecule has 2 N–H and O–H groups in total. The Balaban J connectivity index is 1.58. The number of fused-ring (bicyclic) bond motifs is 1. The minimum atomic E-state index is -0.888. The lowest BCUT2D eigenvalue weighted by atomic mass is 10.2. The van der Waals surface area contributed by atoms with Gasteiger partial charge in [0.2, 0.25) is 0 Å². The number of ether oxygens (including phenoxy) is 1. The number of carbonyl (C=O) groups excluding carboxylic acids is 1. The molecular formula is C18H10ClF2N5O2. The molecule has 0 saturated heterocycles. The smallest absolute Gasteiger partial charge is 0.324 e. The molecule has 0 aliphatic rings. The summed E-state index contributed by atoms with van der Waals surface area (Å²) in [6, 6.07) is 9.26.